The molecule has 0 saturated carbocycles. The number of benzene rings is 1. The van der Waals surface area contributed by atoms with Crippen LogP contribution in [0.5, 0.6) is 0 Å². The van der Waals surface area contributed by atoms with Crippen LogP contribution in [0, 0.1) is 0 Å². The molecule has 2 aromatic heterocycles. The lowest BCUT2D eigenvalue weighted by Crippen LogP contribution is -2.26. The summed E-state index contributed by atoms with van der Waals surface area (Å²) in [5.41, 5.74) is 11.5. The Morgan fingerprint density at radius 1 is 1.23 bits per heavy atom. The summed E-state index contributed by atoms with van der Waals surface area (Å²) >= 11 is 1.37. The second-order valence-corrected chi connectivity index (χ2v) is 6.61. The normalized spacial score (nSPS) is 10.5. The van der Waals surface area contributed by atoms with Gasteiger partial charge in [-0.15, -0.1) is 11.3 Å². The number of nitrogen functional groups attached to an aromatic ring is 1. The molecule has 1 amide bonds. The number of anilines is 2. The highest BCUT2D eigenvalue weighted by molar-refractivity contribution is 7.19. The molecule has 0 bridgehead atoms. The van der Waals surface area contributed by atoms with Gasteiger partial charge in [0.15, 0.2) is 0 Å². The second kappa shape index (κ2) is 8.43. The molecule has 0 aliphatic carbocycles. The molecule has 0 fully saturated rings. The number of pyridine rings is 1. The monoisotopic (exact) mass is 369 g/mol. The molecule has 7 nitrogen and oxygen atoms in total. The Balaban J connectivity index is 1.72. The minimum atomic E-state index is -0.202. The van der Waals surface area contributed by atoms with Gasteiger partial charge in [-0.3, -0.25) is 9.78 Å². The summed E-state index contributed by atoms with van der Waals surface area (Å²) in [6.07, 6.45) is 4.20. The maximum Gasteiger partial charge on any atom is 0.254 e. The smallest absolute Gasteiger partial charge is 0.254 e. The van der Waals surface area contributed by atoms with Crippen molar-refractivity contribution in [2.24, 2.45) is 5.90 Å². The van der Waals surface area contributed by atoms with Crippen molar-refractivity contribution in [3.63, 3.8) is 0 Å². The summed E-state index contributed by atoms with van der Waals surface area (Å²) in [6.45, 7) is 0.500. The zero-order valence-electron chi connectivity index (χ0n) is 13.9. The lowest BCUT2D eigenvalue weighted by molar-refractivity contribution is 0.0954. The van der Waals surface area contributed by atoms with E-state index in [1.807, 2.05) is 36.4 Å². The number of nitrogens with zero attached hydrogens (tertiary/aromatic N) is 1. The van der Waals surface area contributed by atoms with Crippen LogP contribution in [0.15, 0.2) is 54.9 Å². The highest BCUT2D eigenvalue weighted by atomic mass is 32.1. The SMILES string of the molecule is NONc1sc(-c2ccc(N)cc2)cc1C(=O)NCCc1cccnc1. The van der Waals surface area contributed by atoms with Crippen molar-refractivity contribution in [3.05, 3.63) is 66.0 Å². The molecule has 134 valence electrons. The van der Waals surface area contributed by atoms with E-state index in [0.29, 0.717) is 29.2 Å². The van der Waals surface area contributed by atoms with Gasteiger partial charge in [-0.2, -0.15) is 10.8 Å². The molecule has 0 aliphatic heterocycles. The van der Waals surface area contributed by atoms with Crippen LogP contribution in [0.3, 0.4) is 0 Å². The number of nitrogens with one attached hydrogen (secondary N) is 2. The number of rotatable bonds is 7. The molecule has 0 spiro atoms. The average Bonchev–Trinajstić information content (AvgIpc) is 3.07. The van der Waals surface area contributed by atoms with Crippen molar-refractivity contribution in [1.82, 2.24) is 10.3 Å². The maximum atomic E-state index is 12.6. The fourth-order valence-corrected chi connectivity index (χ4v) is 3.44. The van der Waals surface area contributed by atoms with Gasteiger partial charge in [0.1, 0.15) is 5.00 Å². The molecule has 3 aromatic rings. The topological polar surface area (TPSA) is 115 Å². The predicted molar refractivity (Wildman–Crippen MR) is 103 cm³/mol. The van der Waals surface area contributed by atoms with Gasteiger partial charge in [0.05, 0.1) is 5.56 Å². The minimum Gasteiger partial charge on any atom is -0.399 e. The molecule has 8 heteroatoms. The number of thiophene rings is 1. The zero-order chi connectivity index (χ0) is 18.4. The van der Waals surface area contributed by atoms with Gasteiger partial charge in [-0.1, -0.05) is 18.2 Å². The highest BCUT2D eigenvalue weighted by Gasteiger charge is 2.17. The van der Waals surface area contributed by atoms with E-state index >= 15 is 0 Å². The molecule has 0 atom stereocenters. The first-order valence-electron chi connectivity index (χ1n) is 7.96. The van der Waals surface area contributed by atoms with Crippen molar-refractivity contribution >= 4 is 27.9 Å². The van der Waals surface area contributed by atoms with Crippen LogP contribution >= 0.6 is 11.3 Å². The Hall–Kier alpha value is -2.94. The molecule has 26 heavy (non-hydrogen) atoms. The molecule has 0 radical (unpaired) electrons. The van der Waals surface area contributed by atoms with Crippen LogP contribution in [0.1, 0.15) is 15.9 Å². The molecule has 0 aliphatic rings. The average molecular weight is 369 g/mol. The van der Waals surface area contributed by atoms with Gasteiger partial charge < -0.3 is 11.1 Å². The number of carbonyl (C=O) groups is 1. The van der Waals surface area contributed by atoms with Crippen molar-refractivity contribution in [3.8, 4) is 10.4 Å². The number of amides is 1. The van der Waals surface area contributed by atoms with Gasteiger partial charge in [-0.05, 0) is 41.8 Å². The summed E-state index contributed by atoms with van der Waals surface area (Å²) < 4.78 is 0. The van der Waals surface area contributed by atoms with Crippen LogP contribution in [-0.4, -0.2) is 17.4 Å². The van der Waals surface area contributed by atoms with E-state index in [1.165, 1.54) is 11.3 Å². The van der Waals surface area contributed by atoms with Crippen LogP contribution in [-0.2, 0) is 11.4 Å². The Kier molecular flexibility index (Phi) is 5.80. The van der Waals surface area contributed by atoms with Gasteiger partial charge >= 0.3 is 0 Å². The van der Waals surface area contributed by atoms with Crippen LogP contribution in [0.2, 0.25) is 0 Å². The number of hydrogen-bond acceptors (Lipinski definition) is 7. The van der Waals surface area contributed by atoms with E-state index < -0.39 is 0 Å². The fourth-order valence-electron chi connectivity index (χ4n) is 2.44. The Bertz CT molecular complexity index is 865. The van der Waals surface area contributed by atoms with Crippen molar-refractivity contribution in [2.75, 3.05) is 17.8 Å². The van der Waals surface area contributed by atoms with Gasteiger partial charge in [0.2, 0.25) is 0 Å². The van der Waals surface area contributed by atoms with Gasteiger partial charge in [0, 0.05) is 29.5 Å². The zero-order valence-corrected chi connectivity index (χ0v) is 14.8. The quantitative estimate of drug-likeness (QED) is 0.376. The van der Waals surface area contributed by atoms with Gasteiger partial charge in [-0.25, -0.2) is 5.48 Å². The van der Waals surface area contributed by atoms with E-state index in [-0.39, 0.29) is 5.91 Å². The van der Waals surface area contributed by atoms with E-state index in [1.54, 1.807) is 18.5 Å². The molecule has 0 saturated heterocycles. The van der Waals surface area contributed by atoms with Gasteiger partial charge in [0.25, 0.3) is 5.91 Å². The standard InChI is InChI=1S/C18H19N5O2S/c19-14-5-3-13(4-6-14)16-10-15(18(26-16)23-25-20)17(24)22-9-7-12-2-1-8-21-11-12/h1-6,8,10-11,23H,7,9,19-20H2,(H,22,24). The first-order valence-corrected chi connectivity index (χ1v) is 8.77. The Morgan fingerprint density at radius 3 is 2.73 bits per heavy atom. The molecule has 6 N–H and O–H groups in total. The van der Waals surface area contributed by atoms with Crippen molar-refractivity contribution in [2.45, 2.75) is 6.42 Å². The summed E-state index contributed by atoms with van der Waals surface area (Å²) in [6, 6.07) is 13.1. The van der Waals surface area contributed by atoms with E-state index in [0.717, 1.165) is 16.0 Å². The van der Waals surface area contributed by atoms with E-state index in [9.17, 15) is 4.79 Å². The molecule has 2 heterocycles. The second-order valence-electron chi connectivity index (χ2n) is 5.56. The number of aromatic nitrogens is 1. The van der Waals surface area contributed by atoms with Crippen molar-refractivity contribution in [1.29, 1.82) is 0 Å². The predicted octanol–water partition coefficient (Wildman–Crippen LogP) is 2.58. The Morgan fingerprint density at radius 2 is 2.04 bits per heavy atom. The van der Waals surface area contributed by atoms with Crippen LogP contribution in [0.25, 0.3) is 10.4 Å². The summed E-state index contributed by atoms with van der Waals surface area (Å²) in [4.78, 5) is 22.0. The van der Waals surface area contributed by atoms with Crippen LogP contribution in [0.4, 0.5) is 10.7 Å². The van der Waals surface area contributed by atoms with E-state index in [2.05, 4.69) is 20.7 Å². The number of hydrogen-bond donors (Lipinski definition) is 4. The fraction of sp³-hybridized carbons (Fsp3) is 0.111. The first kappa shape index (κ1) is 17.9. The largest absolute Gasteiger partial charge is 0.399 e. The molecular weight excluding hydrogens is 350 g/mol. The molecule has 1 aromatic carbocycles. The lowest BCUT2D eigenvalue weighted by Gasteiger charge is -2.06. The summed E-state index contributed by atoms with van der Waals surface area (Å²) in [7, 11) is 0. The molecule has 0 unspecified atom stereocenters. The summed E-state index contributed by atoms with van der Waals surface area (Å²) in [5.74, 6) is 4.91. The third-order valence-corrected chi connectivity index (χ3v) is 4.83. The van der Waals surface area contributed by atoms with E-state index in [4.69, 9.17) is 11.6 Å². The third kappa shape index (κ3) is 4.37. The maximum absolute atomic E-state index is 12.6. The third-order valence-electron chi connectivity index (χ3n) is 3.75. The summed E-state index contributed by atoms with van der Waals surface area (Å²) in [5, 5.41) is 3.44. The minimum absolute atomic E-state index is 0.202. The highest BCUT2D eigenvalue weighted by Crippen LogP contribution is 2.35. The Labute approximate surface area is 154 Å². The van der Waals surface area contributed by atoms with Crippen LogP contribution < -0.4 is 22.4 Å². The number of nitrogens with two attached hydrogens (primary N) is 2. The molecule has 3 rings (SSSR count). The van der Waals surface area contributed by atoms with Crippen molar-refractivity contribution < 1.29 is 9.73 Å². The number of carbonyl (C=O) groups excluding carboxylic acids is 1. The lowest BCUT2D eigenvalue weighted by atomic mass is 10.1. The first-order chi connectivity index (χ1) is 12.7. The molecular formula is C18H19N5O2S.